The molecule has 442 valence electrons. The Labute approximate surface area is 481 Å². The monoisotopic (exact) mass is 1080 g/mol. The predicted molar refractivity (Wildman–Crippen MR) is 339 cm³/mol. The van der Waals surface area contributed by atoms with Crippen LogP contribution in [0.25, 0.3) is 0 Å². The highest BCUT2D eigenvalue weighted by atomic mass is 16.6. The molecule has 0 N–H and O–H groups in total. The minimum Gasteiger partial charge on any atom is -0.462 e. The molecule has 0 aliphatic carbocycles. The van der Waals surface area contributed by atoms with E-state index < -0.39 is 6.10 Å². The van der Waals surface area contributed by atoms with Crippen molar-refractivity contribution in [3.05, 3.63) is 134 Å². The molecule has 6 heteroatoms. The van der Waals surface area contributed by atoms with E-state index in [-0.39, 0.29) is 31.1 Å². The first-order valence-corrected chi connectivity index (χ1v) is 32.2. The van der Waals surface area contributed by atoms with Crippen LogP contribution in [0.1, 0.15) is 284 Å². The van der Waals surface area contributed by atoms with Gasteiger partial charge >= 0.3 is 17.9 Å². The van der Waals surface area contributed by atoms with E-state index in [1.165, 1.54) is 96.3 Å². The molecule has 0 aromatic heterocycles. The van der Waals surface area contributed by atoms with Gasteiger partial charge in [-0.15, -0.1) is 0 Å². The minimum atomic E-state index is -0.796. The van der Waals surface area contributed by atoms with E-state index in [0.29, 0.717) is 19.3 Å². The van der Waals surface area contributed by atoms with E-state index in [2.05, 4.69) is 154 Å². The number of unbranched alkanes of at least 4 members (excludes halogenated alkanes) is 24. The van der Waals surface area contributed by atoms with E-state index in [0.717, 1.165) is 148 Å². The number of hydrogen-bond acceptors (Lipinski definition) is 6. The molecule has 78 heavy (non-hydrogen) atoms. The van der Waals surface area contributed by atoms with Crippen LogP contribution in [0.15, 0.2) is 134 Å². The van der Waals surface area contributed by atoms with Gasteiger partial charge in [0.2, 0.25) is 0 Å². The zero-order chi connectivity index (χ0) is 56.4. The number of allylic oxidation sites excluding steroid dienone is 22. The SMILES string of the molecule is CC/C=C\C/C=C\C/C=C\C/C=C\C/C=C\C/C=C\CCCCCCCCC(=O)OCC(COC(=O)CCCCCCC/C=C\CCCCC)OC(=O)CCCCCCCCCCCC/C=C\C/C=C\C/C=C\C/C=C\CC. The molecule has 0 rings (SSSR count). The average Bonchev–Trinajstić information content (AvgIpc) is 3.44. The van der Waals surface area contributed by atoms with Crippen LogP contribution in [-0.2, 0) is 28.6 Å². The van der Waals surface area contributed by atoms with E-state index in [1.807, 2.05) is 0 Å². The summed E-state index contributed by atoms with van der Waals surface area (Å²) in [5, 5.41) is 0. The van der Waals surface area contributed by atoms with Crippen molar-refractivity contribution in [3.8, 4) is 0 Å². The average molecular weight is 1080 g/mol. The summed E-state index contributed by atoms with van der Waals surface area (Å²) in [6.45, 7) is 6.38. The maximum atomic E-state index is 12.9. The lowest BCUT2D eigenvalue weighted by atomic mass is 10.0. The summed E-state index contributed by atoms with van der Waals surface area (Å²) >= 11 is 0. The van der Waals surface area contributed by atoms with Crippen molar-refractivity contribution in [1.29, 1.82) is 0 Å². The molecule has 0 radical (unpaired) electrons. The topological polar surface area (TPSA) is 78.9 Å². The number of carbonyl (C=O) groups excluding carboxylic acids is 3. The molecule has 0 saturated heterocycles. The van der Waals surface area contributed by atoms with Crippen molar-refractivity contribution < 1.29 is 28.6 Å². The first kappa shape index (κ1) is 73.5. The molecule has 0 bridgehead atoms. The Balaban J connectivity index is 4.37. The second-order valence-corrected chi connectivity index (χ2v) is 20.9. The lowest BCUT2D eigenvalue weighted by Crippen LogP contribution is -2.30. The fraction of sp³-hybridized carbons (Fsp3) is 0.653. The molecule has 0 saturated carbocycles. The van der Waals surface area contributed by atoms with Crippen LogP contribution in [0, 0.1) is 0 Å². The Bertz CT molecular complexity index is 1670. The lowest BCUT2D eigenvalue weighted by molar-refractivity contribution is -0.167. The normalized spacial score (nSPS) is 13.0. The second-order valence-electron chi connectivity index (χ2n) is 20.9. The first-order valence-electron chi connectivity index (χ1n) is 32.2. The van der Waals surface area contributed by atoms with Crippen LogP contribution in [-0.4, -0.2) is 37.2 Å². The zero-order valence-corrected chi connectivity index (χ0v) is 50.6. The van der Waals surface area contributed by atoms with Crippen molar-refractivity contribution in [3.63, 3.8) is 0 Å². The molecular weight excluding hydrogens is 961 g/mol. The minimum absolute atomic E-state index is 0.0918. The van der Waals surface area contributed by atoms with Crippen molar-refractivity contribution in [2.24, 2.45) is 0 Å². The second kappa shape index (κ2) is 65.1. The van der Waals surface area contributed by atoms with Gasteiger partial charge in [-0.1, -0.05) is 264 Å². The van der Waals surface area contributed by atoms with Gasteiger partial charge in [0.1, 0.15) is 13.2 Å². The summed E-state index contributed by atoms with van der Waals surface area (Å²) in [6, 6.07) is 0. The van der Waals surface area contributed by atoms with Gasteiger partial charge in [-0.05, 0) is 135 Å². The molecule has 1 unspecified atom stereocenters. The number of esters is 3. The van der Waals surface area contributed by atoms with Gasteiger partial charge in [-0.3, -0.25) is 14.4 Å². The summed E-state index contributed by atoms with van der Waals surface area (Å²) < 4.78 is 16.9. The summed E-state index contributed by atoms with van der Waals surface area (Å²) in [5.74, 6) is -0.917. The number of hydrogen-bond donors (Lipinski definition) is 0. The molecule has 0 aliphatic rings. The summed E-state index contributed by atoms with van der Waals surface area (Å²) in [5.41, 5.74) is 0. The zero-order valence-electron chi connectivity index (χ0n) is 50.6. The molecule has 6 nitrogen and oxygen atoms in total. The lowest BCUT2D eigenvalue weighted by Gasteiger charge is -2.18. The van der Waals surface area contributed by atoms with Gasteiger partial charge < -0.3 is 14.2 Å². The molecule has 0 heterocycles. The summed E-state index contributed by atoms with van der Waals surface area (Å²) in [6.07, 6.45) is 91.7. The largest absolute Gasteiger partial charge is 0.462 e. The van der Waals surface area contributed by atoms with E-state index >= 15 is 0 Å². The molecule has 0 aromatic carbocycles. The number of carbonyl (C=O) groups is 3. The van der Waals surface area contributed by atoms with E-state index in [9.17, 15) is 14.4 Å². The van der Waals surface area contributed by atoms with Crippen LogP contribution in [0.5, 0.6) is 0 Å². The van der Waals surface area contributed by atoms with Crippen LogP contribution in [0.3, 0.4) is 0 Å². The molecule has 0 aromatic rings. The Kier molecular flexibility index (Phi) is 61.4. The third-order valence-corrected chi connectivity index (χ3v) is 13.4. The fourth-order valence-corrected chi connectivity index (χ4v) is 8.61. The van der Waals surface area contributed by atoms with Crippen molar-refractivity contribution in [1.82, 2.24) is 0 Å². The van der Waals surface area contributed by atoms with Crippen LogP contribution in [0.2, 0.25) is 0 Å². The van der Waals surface area contributed by atoms with Crippen LogP contribution >= 0.6 is 0 Å². The van der Waals surface area contributed by atoms with Crippen LogP contribution in [0.4, 0.5) is 0 Å². The van der Waals surface area contributed by atoms with Crippen molar-refractivity contribution in [2.45, 2.75) is 290 Å². The molecule has 0 amide bonds. The highest BCUT2D eigenvalue weighted by Crippen LogP contribution is 2.15. The third kappa shape index (κ3) is 62.4. The molecule has 1 atom stereocenters. The van der Waals surface area contributed by atoms with Crippen molar-refractivity contribution >= 4 is 17.9 Å². The Morgan fingerprint density at radius 3 is 0.795 bits per heavy atom. The van der Waals surface area contributed by atoms with Gasteiger partial charge in [0, 0.05) is 19.3 Å². The predicted octanol–water partition coefficient (Wildman–Crippen LogP) is 22.2. The third-order valence-electron chi connectivity index (χ3n) is 13.4. The smallest absolute Gasteiger partial charge is 0.306 e. The maximum Gasteiger partial charge on any atom is 0.306 e. The number of ether oxygens (including phenoxy) is 3. The molecule has 0 spiro atoms. The Morgan fingerprint density at radius 2 is 0.500 bits per heavy atom. The van der Waals surface area contributed by atoms with Gasteiger partial charge in [0.05, 0.1) is 0 Å². The molecular formula is C72H118O6. The molecule has 0 fully saturated rings. The highest BCUT2D eigenvalue weighted by molar-refractivity contribution is 5.71. The standard InChI is InChI=1S/C72H118O6/c1-4-7-10-13-16-19-22-25-27-29-31-33-35-36-38-39-41-43-45-47-50-53-56-59-62-65-71(74)77-68-69(67-76-70(73)64-61-58-55-52-49-24-21-18-15-12-9-6-3)78-72(75)66-63-60-57-54-51-48-46-44-42-40-37-34-32-30-28-26-23-20-17-14-11-8-5-2/h7-8,10-11,16-21,25-28,31-34,36,38,41,43,69H,4-6,9,12-15,22-24,29-30,35,37,39-40,42,44-68H2,1-3H3/b10-7-,11-8-,19-16-,20-17-,21-18-,27-25-,28-26-,33-31-,34-32-,38-36-,43-41-. The summed E-state index contributed by atoms with van der Waals surface area (Å²) in [7, 11) is 0. The quantitative estimate of drug-likeness (QED) is 0.0261. The van der Waals surface area contributed by atoms with Gasteiger partial charge in [0.15, 0.2) is 6.10 Å². The maximum absolute atomic E-state index is 12.9. The summed E-state index contributed by atoms with van der Waals surface area (Å²) in [4.78, 5) is 38.3. The van der Waals surface area contributed by atoms with E-state index in [4.69, 9.17) is 14.2 Å². The number of rotatable bonds is 57. The van der Waals surface area contributed by atoms with Gasteiger partial charge in [-0.25, -0.2) is 0 Å². The van der Waals surface area contributed by atoms with Crippen molar-refractivity contribution in [2.75, 3.05) is 13.2 Å². The fourth-order valence-electron chi connectivity index (χ4n) is 8.61. The first-order chi connectivity index (χ1) is 38.5. The van der Waals surface area contributed by atoms with Gasteiger partial charge in [0.25, 0.3) is 0 Å². The van der Waals surface area contributed by atoms with Gasteiger partial charge in [-0.2, -0.15) is 0 Å². The highest BCUT2D eigenvalue weighted by Gasteiger charge is 2.19. The van der Waals surface area contributed by atoms with E-state index in [1.54, 1.807) is 0 Å². The van der Waals surface area contributed by atoms with Crippen LogP contribution < -0.4 is 0 Å². The Hall–Kier alpha value is -4.45. The Morgan fingerprint density at radius 1 is 0.269 bits per heavy atom. The molecule has 0 aliphatic heterocycles.